The molecule has 3 aromatic rings. The summed E-state index contributed by atoms with van der Waals surface area (Å²) < 4.78 is 46.7. The maximum atomic E-state index is 12.3. The van der Waals surface area contributed by atoms with E-state index in [9.17, 15) is 13.2 Å². The molecule has 0 saturated heterocycles. The van der Waals surface area contributed by atoms with Crippen LogP contribution >= 0.6 is 11.3 Å². The lowest BCUT2D eigenvalue weighted by Gasteiger charge is -2.11. The molecule has 0 radical (unpaired) electrons. The van der Waals surface area contributed by atoms with E-state index in [-0.39, 0.29) is 6.61 Å². The monoisotopic (exact) mass is 421 g/mol. The third-order valence-electron chi connectivity index (χ3n) is 3.78. The number of rotatable bonds is 8. The molecule has 0 fully saturated rings. The van der Waals surface area contributed by atoms with E-state index in [2.05, 4.69) is 15.5 Å². The van der Waals surface area contributed by atoms with Crippen LogP contribution < -0.4 is 10.2 Å². The van der Waals surface area contributed by atoms with E-state index in [0.717, 1.165) is 11.3 Å². The van der Waals surface area contributed by atoms with Gasteiger partial charge in [-0.3, -0.25) is 5.43 Å². The van der Waals surface area contributed by atoms with Crippen LogP contribution in [0.25, 0.3) is 11.3 Å². The van der Waals surface area contributed by atoms with Gasteiger partial charge in [0.05, 0.1) is 25.6 Å². The number of nitrogens with zero attached hydrogens (tertiary/aromatic N) is 2. The fraction of sp³-hybridized carbons (Fsp3) is 0.200. The Morgan fingerprint density at radius 1 is 1.17 bits per heavy atom. The summed E-state index contributed by atoms with van der Waals surface area (Å²) in [5.41, 5.74) is 5.91. The highest BCUT2D eigenvalue weighted by Crippen LogP contribution is 2.25. The molecule has 2 aromatic carbocycles. The number of hydrazone groups is 1. The van der Waals surface area contributed by atoms with Crippen molar-refractivity contribution in [1.82, 2.24) is 4.98 Å². The largest absolute Gasteiger partial charge is 0.496 e. The molecule has 0 spiro atoms. The van der Waals surface area contributed by atoms with E-state index in [0.29, 0.717) is 22.0 Å². The zero-order chi connectivity index (χ0) is 20.7. The van der Waals surface area contributed by atoms with Crippen molar-refractivity contribution < 1.29 is 22.6 Å². The minimum Gasteiger partial charge on any atom is -0.496 e. The SMILES string of the molecule is COc1ccc(C=NNc2nc(-c3ccccc3)cs2)cc1COCC(F)(F)F. The van der Waals surface area contributed by atoms with Gasteiger partial charge in [-0.15, -0.1) is 11.3 Å². The Labute approximate surface area is 169 Å². The van der Waals surface area contributed by atoms with Crippen molar-refractivity contribution in [3.05, 3.63) is 65.0 Å². The number of anilines is 1. The summed E-state index contributed by atoms with van der Waals surface area (Å²) in [6.45, 7) is -1.53. The molecular weight excluding hydrogens is 403 g/mol. The zero-order valence-corrected chi connectivity index (χ0v) is 16.3. The number of methoxy groups -OCH3 is 1. The number of halogens is 3. The van der Waals surface area contributed by atoms with E-state index in [1.54, 1.807) is 24.4 Å². The van der Waals surface area contributed by atoms with Gasteiger partial charge >= 0.3 is 6.18 Å². The fourth-order valence-corrected chi connectivity index (χ4v) is 3.17. The molecule has 0 aliphatic rings. The highest BCUT2D eigenvalue weighted by molar-refractivity contribution is 7.14. The van der Waals surface area contributed by atoms with Crippen molar-refractivity contribution in [3.63, 3.8) is 0 Å². The molecule has 5 nitrogen and oxygen atoms in total. The quantitative estimate of drug-likeness (QED) is 0.394. The van der Waals surface area contributed by atoms with Crippen molar-refractivity contribution in [2.75, 3.05) is 19.1 Å². The van der Waals surface area contributed by atoms with Crippen LogP contribution in [-0.2, 0) is 11.3 Å². The van der Waals surface area contributed by atoms with Crippen molar-refractivity contribution in [2.45, 2.75) is 12.8 Å². The summed E-state index contributed by atoms with van der Waals surface area (Å²) >= 11 is 1.42. The molecule has 152 valence electrons. The summed E-state index contributed by atoms with van der Waals surface area (Å²) in [5, 5.41) is 6.70. The van der Waals surface area contributed by atoms with Crippen LogP contribution in [0.5, 0.6) is 5.75 Å². The molecule has 0 unspecified atom stereocenters. The topological polar surface area (TPSA) is 55.7 Å². The van der Waals surface area contributed by atoms with E-state index >= 15 is 0 Å². The molecule has 0 bridgehead atoms. The molecule has 3 rings (SSSR count). The number of benzene rings is 2. The van der Waals surface area contributed by atoms with Crippen LogP contribution in [0.4, 0.5) is 18.3 Å². The average Bonchev–Trinajstić information content (AvgIpc) is 3.17. The van der Waals surface area contributed by atoms with Gasteiger partial charge in [0.2, 0.25) is 5.13 Å². The second kappa shape index (κ2) is 9.53. The van der Waals surface area contributed by atoms with E-state index in [4.69, 9.17) is 9.47 Å². The number of nitrogens with one attached hydrogen (secondary N) is 1. The first-order chi connectivity index (χ1) is 13.9. The standard InChI is InChI=1S/C20H18F3N3O2S/c1-27-18-8-7-14(9-16(18)11-28-13-20(21,22)23)10-24-26-19-25-17(12-29-19)15-5-3-2-4-6-15/h2-10,12H,11,13H2,1H3,(H,25,26). The predicted octanol–water partition coefficient (Wildman–Crippen LogP) is 5.34. The van der Waals surface area contributed by atoms with Crippen LogP contribution in [0.15, 0.2) is 59.0 Å². The maximum Gasteiger partial charge on any atom is 0.411 e. The second-order valence-electron chi connectivity index (χ2n) is 5.95. The van der Waals surface area contributed by atoms with Gasteiger partial charge in [0.15, 0.2) is 0 Å². The second-order valence-corrected chi connectivity index (χ2v) is 6.81. The maximum absolute atomic E-state index is 12.3. The van der Waals surface area contributed by atoms with Gasteiger partial charge in [-0.05, 0) is 23.8 Å². The van der Waals surface area contributed by atoms with Gasteiger partial charge in [0.25, 0.3) is 0 Å². The summed E-state index contributed by atoms with van der Waals surface area (Å²) in [7, 11) is 1.45. The van der Waals surface area contributed by atoms with Crippen molar-refractivity contribution in [3.8, 4) is 17.0 Å². The average molecular weight is 421 g/mol. The molecule has 1 N–H and O–H groups in total. The normalized spacial score (nSPS) is 11.7. The van der Waals surface area contributed by atoms with Gasteiger partial charge < -0.3 is 9.47 Å². The summed E-state index contributed by atoms with van der Waals surface area (Å²) in [6.07, 6.45) is -2.82. The van der Waals surface area contributed by atoms with E-state index < -0.39 is 12.8 Å². The molecule has 0 amide bonds. The summed E-state index contributed by atoms with van der Waals surface area (Å²) in [6, 6.07) is 14.8. The molecule has 9 heteroatoms. The third kappa shape index (κ3) is 6.30. The first kappa shape index (κ1) is 20.8. The number of hydrogen-bond donors (Lipinski definition) is 1. The Morgan fingerprint density at radius 3 is 2.69 bits per heavy atom. The Kier molecular flexibility index (Phi) is 6.84. The number of ether oxygens (including phenoxy) is 2. The van der Waals surface area contributed by atoms with Gasteiger partial charge in [-0.2, -0.15) is 18.3 Å². The van der Waals surface area contributed by atoms with Crippen LogP contribution in [-0.4, -0.2) is 31.1 Å². The first-order valence-corrected chi connectivity index (χ1v) is 9.44. The Bertz CT molecular complexity index is 959. The van der Waals surface area contributed by atoms with Gasteiger partial charge in [0.1, 0.15) is 12.4 Å². The van der Waals surface area contributed by atoms with E-state index in [1.165, 1.54) is 18.4 Å². The highest BCUT2D eigenvalue weighted by Gasteiger charge is 2.27. The van der Waals surface area contributed by atoms with Gasteiger partial charge in [0, 0.05) is 16.5 Å². The lowest BCUT2D eigenvalue weighted by Crippen LogP contribution is -2.16. The van der Waals surface area contributed by atoms with Crippen molar-refractivity contribution in [1.29, 1.82) is 0 Å². The lowest BCUT2D eigenvalue weighted by atomic mass is 10.1. The summed E-state index contributed by atoms with van der Waals surface area (Å²) in [4.78, 5) is 4.47. The number of alkyl halides is 3. The number of thiazole rings is 1. The minimum atomic E-state index is -4.37. The van der Waals surface area contributed by atoms with Crippen LogP contribution in [0.1, 0.15) is 11.1 Å². The molecule has 1 aromatic heterocycles. The smallest absolute Gasteiger partial charge is 0.411 e. The molecule has 0 aliphatic carbocycles. The van der Waals surface area contributed by atoms with Gasteiger partial charge in [-0.1, -0.05) is 30.3 Å². The molecule has 0 aliphatic heterocycles. The molecule has 29 heavy (non-hydrogen) atoms. The van der Waals surface area contributed by atoms with Crippen molar-refractivity contribution in [2.24, 2.45) is 5.10 Å². The van der Waals surface area contributed by atoms with E-state index in [1.807, 2.05) is 35.7 Å². The minimum absolute atomic E-state index is 0.218. The molecule has 0 atom stereocenters. The van der Waals surface area contributed by atoms with Crippen LogP contribution in [0.2, 0.25) is 0 Å². The van der Waals surface area contributed by atoms with Crippen molar-refractivity contribution >= 4 is 22.7 Å². The lowest BCUT2D eigenvalue weighted by molar-refractivity contribution is -0.176. The molecule has 1 heterocycles. The fourth-order valence-electron chi connectivity index (χ4n) is 2.50. The summed E-state index contributed by atoms with van der Waals surface area (Å²) in [5.74, 6) is 0.449. The van der Waals surface area contributed by atoms with Gasteiger partial charge in [-0.25, -0.2) is 4.98 Å². The predicted molar refractivity (Wildman–Crippen MR) is 107 cm³/mol. The zero-order valence-electron chi connectivity index (χ0n) is 15.4. The first-order valence-electron chi connectivity index (χ1n) is 8.56. The van der Waals surface area contributed by atoms with Crippen LogP contribution in [0.3, 0.4) is 0 Å². The highest BCUT2D eigenvalue weighted by atomic mass is 32.1. The molecular formula is C20H18F3N3O2S. The Balaban J connectivity index is 1.63. The Hall–Kier alpha value is -2.91. The molecule has 0 saturated carbocycles. The Morgan fingerprint density at radius 2 is 1.97 bits per heavy atom. The number of aromatic nitrogens is 1. The third-order valence-corrected chi connectivity index (χ3v) is 4.52. The van der Waals surface area contributed by atoms with Crippen LogP contribution in [0, 0.1) is 0 Å². The number of hydrogen-bond acceptors (Lipinski definition) is 6.